The molecule has 2 aromatic rings. The molecule has 0 bridgehead atoms. The van der Waals surface area contributed by atoms with Crippen LogP contribution in [0.15, 0.2) is 12.7 Å². The van der Waals surface area contributed by atoms with Crippen LogP contribution in [0.4, 0.5) is 5.82 Å². The molecule has 0 radical (unpaired) electrons. The number of hydrogen-bond donors (Lipinski definition) is 0. The van der Waals surface area contributed by atoms with Crippen LogP contribution < -0.4 is 4.90 Å². The summed E-state index contributed by atoms with van der Waals surface area (Å²) in [5, 5.41) is 0.892. The van der Waals surface area contributed by atoms with Crippen LogP contribution in [0, 0.1) is 0 Å². The van der Waals surface area contributed by atoms with Crippen LogP contribution in [-0.4, -0.2) is 37.9 Å². The maximum Gasteiger partial charge on any atom is 0.165 e. The third kappa shape index (κ3) is 2.26. The highest BCUT2D eigenvalue weighted by atomic mass is 79.9. The highest BCUT2D eigenvalue weighted by Crippen LogP contribution is 2.20. The quantitative estimate of drug-likeness (QED) is 0.793. The molecule has 0 aromatic carbocycles. The van der Waals surface area contributed by atoms with Gasteiger partial charge in [-0.1, -0.05) is 15.9 Å². The van der Waals surface area contributed by atoms with Crippen molar-refractivity contribution in [1.82, 2.24) is 19.5 Å². The van der Waals surface area contributed by atoms with Gasteiger partial charge >= 0.3 is 0 Å². The molecule has 0 saturated carbocycles. The Balaban J connectivity index is 2.51. The van der Waals surface area contributed by atoms with E-state index in [-0.39, 0.29) is 0 Å². The molecule has 0 saturated heterocycles. The Hall–Kier alpha value is -1.17. The lowest BCUT2D eigenvalue weighted by atomic mass is 10.4. The minimum Gasteiger partial charge on any atom is -0.355 e. The summed E-state index contributed by atoms with van der Waals surface area (Å²) >= 11 is 3.43. The molecule has 6 heteroatoms. The Bertz CT molecular complexity index is 492. The molecule has 2 rings (SSSR count). The molecule has 0 spiro atoms. The van der Waals surface area contributed by atoms with Gasteiger partial charge in [-0.2, -0.15) is 0 Å². The average Bonchev–Trinajstić information content (AvgIpc) is 2.76. The summed E-state index contributed by atoms with van der Waals surface area (Å²) in [4.78, 5) is 15.3. The lowest BCUT2D eigenvalue weighted by molar-refractivity contribution is 0.789. The molecule has 0 unspecified atom stereocenters. The van der Waals surface area contributed by atoms with Gasteiger partial charge in [0.2, 0.25) is 0 Å². The highest BCUT2D eigenvalue weighted by molar-refractivity contribution is 9.09. The first-order chi connectivity index (χ1) is 8.31. The van der Waals surface area contributed by atoms with E-state index in [4.69, 9.17) is 0 Å². The van der Waals surface area contributed by atoms with E-state index < -0.39 is 0 Å². The van der Waals surface area contributed by atoms with Crippen molar-refractivity contribution in [2.75, 3.05) is 23.3 Å². The zero-order valence-electron chi connectivity index (χ0n) is 10.1. The summed E-state index contributed by atoms with van der Waals surface area (Å²) in [6.45, 7) is 6.95. The fraction of sp³-hybridized carbons (Fsp3) is 0.545. The summed E-state index contributed by atoms with van der Waals surface area (Å²) in [6, 6.07) is 0. The van der Waals surface area contributed by atoms with Gasteiger partial charge in [0.05, 0.1) is 6.33 Å². The van der Waals surface area contributed by atoms with Gasteiger partial charge in [-0.25, -0.2) is 15.0 Å². The van der Waals surface area contributed by atoms with Crippen LogP contribution in [0.2, 0.25) is 0 Å². The van der Waals surface area contributed by atoms with Gasteiger partial charge in [0.1, 0.15) is 6.33 Å². The molecular weight excluding hydrogens is 282 g/mol. The number of nitrogens with zero attached hydrogens (tertiary/aromatic N) is 5. The third-order valence-corrected chi connectivity index (χ3v) is 3.12. The zero-order chi connectivity index (χ0) is 12.3. The normalized spacial score (nSPS) is 11.0. The number of fused-ring (bicyclic) bond motifs is 1. The van der Waals surface area contributed by atoms with Gasteiger partial charge in [-0.3, -0.25) is 0 Å². The van der Waals surface area contributed by atoms with Crippen LogP contribution in [0.5, 0.6) is 0 Å². The first-order valence-electron chi connectivity index (χ1n) is 5.78. The van der Waals surface area contributed by atoms with Crippen molar-refractivity contribution < 1.29 is 0 Å². The van der Waals surface area contributed by atoms with E-state index in [1.54, 1.807) is 6.33 Å². The van der Waals surface area contributed by atoms with Gasteiger partial charge in [-0.05, 0) is 13.8 Å². The molecule has 0 aliphatic carbocycles. The minimum atomic E-state index is 0.866. The lowest BCUT2D eigenvalue weighted by Crippen LogP contribution is -2.23. The fourth-order valence-electron chi connectivity index (χ4n) is 1.88. The Labute approximate surface area is 109 Å². The van der Waals surface area contributed by atoms with Gasteiger partial charge < -0.3 is 9.47 Å². The Morgan fingerprint density at radius 2 is 2.00 bits per heavy atom. The SMILES string of the molecule is CCN(CC)c1ncnc2c1ncn2CCBr. The molecule has 92 valence electrons. The minimum absolute atomic E-state index is 0.866. The van der Waals surface area contributed by atoms with E-state index in [1.165, 1.54) is 0 Å². The predicted molar refractivity (Wildman–Crippen MR) is 72.7 cm³/mol. The third-order valence-electron chi connectivity index (χ3n) is 2.77. The Kier molecular flexibility index (Phi) is 3.93. The predicted octanol–water partition coefficient (Wildman–Crippen LogP) is 2.07. The van der Waals surface area contributed by atoms with Crippen molar-refractivity contribution in [1.29, 1.82) is 0 Å². The smallest absolute Gasteiger partial charge is 0.165 e. The first-order valence-corrected chi connectivity index (χ1v) is 6.90. The molecule has 0 atom stereocenters. The summed E-state index contributed by atoms with van der Waals surface area (Å²) in [5.41, 5.74) is 1.79. The van der Waals surface area contributed by atoms with Crippen LogP contribution in [-0.2, 0) is 6.54 Å². The summed E-state index contributed by atoms with van der Waals surface area (Å²) in [6.07, 6.45) is 3.44. The van der Waals surface area contributed by atoms with E-state index in [1.807, 2.05) is 10.9 Å². The monoisotopic (exact) mass is 297 g/mol. The number of rotatable bonds is 5. The van der Waals surface area contributed by atoms with E-state index in [0.717, 1.165) is 41.9 Å². The number of imidazole rings is 1. The Morgan fingerprint density at radius 1 is 1.24 bits per heavy atom. The van der Waals surface area contributed by atoms with E-state index in [2.05, 4.69) is 49.6 Å². The van der Waals surface area contributed by atoms with Crippen LogP contribution in [0.25, 0.3) is 11.2 Å². The van der Waals surface area contributed by atoms with E-state index in [9.17, 15) is 0 Å². The van der Waals surface area contributed by atoms with Crippen molar-refractivity contribution in [3.05, 3.63) is 12.7 Å². The maximum absolute atomic E-state index is 4.43. The number of aryl methyl sites for hydroxylation is 1. The largest absolute Gasteiger partial charge is 0.355 e. The van der Waals surface area contributed by atoms with Crippen molar-refractivity contribution in [3.8, 4) is 0 Å². The molecule has 0 aliphatic rings. The van der Waals surface area contributed by atoms with Crippen LogP contribution >= 0.6 is 15.9 Å². The standard InChI is InChI=1S/C11H16BrN5/c1-3-16(4-2)10-9-11(14-7-13-10)17(6-5-12)8-15-9/h7-8H,3-6H2,1-2H3. The number of halogens is 1. The molecule has 0 aliphatic heterocycles. The molecule has 0 fully saturated rings. The van der Waals surface area contributed by atoms with Gasteiger partial charge in [0.25, 0.3) is 0 Å². The molecule has 5 nitrogen and oxygen atoms in total. The molecular formula is C11H16BrN5. The lowest BCUT2D eigenvalue weighted by Gasteiger charge is -2.19. The summed E-state index contributed by atoms with van der Waals surface area (Å²) in [7, 11) is 0. The molecule has 2 heterocycles. The number of alkyl halides is 1. The topological polar surface area (TPSA) is 46.8 Å². The fourth-order valence-corrected chi connectivity index (χ4v) is 2.26. The first kappa shape index (κ1) is 12.3. The van der Waals surface area contributed by atoms with Crippen molar-refractivity contribution in [3.63, 3.8) is 0 Å². The number of hydrogen-bond acceptors (Lipinski definition) is 4. The molecule has 0 N–H and O–H groups in total. The zero-order valence-corrected chi connectivity index (χ0v) is 11.7. The maximum atomic E-state index is 4.43. The van der Waals surface area contributed by atoms with Gasteiger partial charge in [-0.15, -0.1) is 0 Å². The second-order valence-corrected chi connectivity index (χ2v) is 4.46. The summed E-state index contributed by atoms with van der Waals surface area (Å²) < 4.78 is 2.04. The van der Waals surface area contributed by atoms with E-state index >= 15 is 0 Å². The second-order valence-electron chi connectivity index (χ2n) is 3.67. The van der Waals surface area contributed by atoms with Gasteiger partial charge in [0.15, 0.2) is 17.0 Å². The summed E-state index contributed by atoms with van der Waals surface area (Å²) in [5.74, 6) is 0.924. The van der Waals surface area contributed by atoms with Gasteiger partial charge in [0, 0.05) is 25.0 Å². The van der Waals surface area contributed by atoms with E-state index in [0.29, 0.717) is 0 Å². The molecule has 17 heavy (non-hydrogen) atoms. The highest BCUT2D eigenvalue weighted by Gasteiger charge is 2.13. The number of anilines is 1. The van der Waals surface area contributed by atoms with Crippen molar-refractivity contribution in [2.45, 2.75) is 20.4 Å². The van der Waals surface area contributed by atoms with Crippen molar-refractivity contribution >= 4 is 32.9 Å². The van der Waals surface area contributed by atoms with Crippen LogP contribution in [0.1, 0.15) is 13.8 Å². The average molecular weight is 298 g/mol. The number of aromatic nitrogens is 4. The molecule has 2 aromatic heterocycles. The van der Waals surface area contributed by atoms with Crippen molar-refractivity contribution in [2.24, 2.45) is 0 Å². The molecule has 0 amide bonds. The van der Waals surface area contributed by atoms with Crippen LogP contribution in [0.3, 0.4) is 0 Å². The Morgan fingerprint density at radius 3 is 2.65 bits per heavy atom. The second kappa shape index (κ2) is 5.44.